The van der Waals surface area contributed by atoms with Crippen LogP contribution >= 0.6 is 35.0 Å². The smallest absolute Gasteiger partial charge is 0.189 e. The van der Waals surface area contributed by atoms with E-state index >= 15 is 0 Å². The first-order valence-corrected chi connectivity index (χ1v) is 9.26. The number of aromatic nitrogens is 2. The molecule has 1 atom stereocenters. The topological polar surface area (TPSA) is 64.1 Å². The van der Waals surface area contributed by atoms with Crippen molar-refractivity contribution in [3.63, 3.8) is 0 Å². The number of carbonyl (C=O) groups excluding carboxylic acids is 1. The molecular weight excluding hydrogens is 369 g/mol. The Bertz CT molecular complexity index is 736. The molecule has 0 radical (unpaired) electrons. The zero-order valence-electron chi connectivity index (χ0n) is 12.8. The molecule has 0 saturated carbocycles. The van der Waals surface area contributed by atoms with E-state index in [1.165, 1.54) is 11.8 Å². The van der Waals surface area contributed by atoms with Crippen LogP contribution in [0.3, 0.4) is 0 Å². The summed E-state index contributed by atoms with van der Waals surface area (Å²) in [4.78, 5) is 20.7. The van der Waals surface area contributed by atoms with E-state index in [0.717, 1.165) is 6.29 Å². The Labute approximate surface area is 154 Å². The predicted molar refractivity (Wildman–Crippen MR) is 96.4 cm³/mol. The van der Waals surface area contributed by atoms with Gasteiger partial charge >= 0.3 is 0 Å². The highest BCUT2D eigenvalue weighted by molar-refractivity contribution is 7.98. The fourth-order valence-corrected chi connectivity index (χ4v) is 3.41. The summed E-state index contributed by atoms with van der Waals surface area (Å²) in [6.45, 7) is 1.22. The van der Waals surface area contributed by atoms with Gasteiger partial charge in [-0.2, -0.15) is 0 Å². The van der Waals surface area contributed by atoms with Gasteiger partial charge in [0, 0.05) is 27.4 Å². The molecule has 0 bridgehead atoms. The van der Waals surface area contributed by atoms with E-state index in [1.54, 1.807) is 24.4 Å². The van der Waals surface area contributed by atoms with Crippen molar-refractivity contribution < 1.29 is 9.53 Å². The second-order valence-corrected chi connectivity index (χ2v) is 6.88. The summed E-state index contributed by atoms with van der Waals surface area (Å²) in [6, 6.07) is 5.34. The van der Waals surface area contributed by atoms with Gasteiger partial charge in [-0.1, -0.05) is 41.0 Å². The average Bonchev–Trinajstić information content (AvgIpc) is 2.54. The maximum Gasteiger partial charge on any atom is 0.189 e. The molecule has 0 aliphatic carbocycles. The predicted octanol–water partition coefficient (Wildman–Crippen LogP) is 3.65. The highest BCUT2D eigenvalue weighted by Crippen LogP contribution is 2.37. The number of hydrogen-bond acceptors (Lipinski definition) is 6. The van der Waals surface area contributed by atoms with Crippen molar-refractivity contribution in [3.8, 4) is 0 Å². The van der Waals surface area contributed by atoms with Crippen molar-refractivity contribution in [3.05, 3.63) is 45.6 Å². The molecule has 3 rings (SSSR count). The highest BCUT2D eigenvalue weighted by Gasteiger charge is 2.26. The van der Waals surface area contributed by atoms with Gasteiger partial charge in [-0.25, -0.2) is 9.97 Å². The first-order valence-electron chi connectivity index (χ1n) is 7.28. The number of carbonyl (C=O) groups is 1. The molecule has 1 unspecified atom stereocenters. The molecule has 1 saturated heterocycles. The van der Waals surface area contributed by atoms with Crippen LogP contribution in [0.25, 0.3) is 0 Å². The third-order valence-corrected chi connectivity index (χ3v) is 4.96. The standard InChI is InChI=1S/C16H15Cl2N3O2S/c1-24-16-19-5-10(15(21-16)20-9-7-23-8-9)11(6-22)14-12(17)3-2-4-13(14)18/h2-6,9,11H,7-8H2,1H3,(H,19,20,21). The van der Waals surface area contributed by atoms with Gasteiger partial charge in [0.1, 0.15) is 12.1 Å². The van der Waals surface area contributed by atoms with Crippen LogP contribution in [0.15, 0.2) is 29.6 Å². The molecule has 1 fully saturated rings. The number of hydrogen-bond donors (Lipinski definition) is 1. The number of thioether (sulfide) groups is 1. The summed E-state index contributed by atoms with van der Waals surface area (Å²) in [5.41, 5.74) is 1.20. The largest absolute Gasteiger partial charge is 0.377 e. The molecule has 8 heteroatoms. The highest BCUT2D eigenvalue weighted by atomic mass is 35.5. The third-order valence-electron chi connectivity index (χ3n) is 3.74. The molecule has 5 nitrogen and oxygen atoms in total. The third kappa shape index (κ3) is 3.52. The quantitative estimate of drug-likeness (QED) is 0.466. The molecular formula is C16H15Cl2N3O2S. The first-order chi connectivity index (χ1) is 11.6. The van der Waals surface area contributed by atoms with Gasteiger partial charge in [0.2, 0.25) is 0 Å². The Hall–Kier alpha value is -1.34. The lowest BCUT2D eigenvalue weighted by atomic mass is 9.93. The zero-order valence-corrected chi connectivity index (χ0v) is 15.2. The number of halogens is 2. The number of ether oxygens (including phenoxy) is 1. The van der Waals surface area contributed by atoms with E-state index in [1.807, 2.05) is 6.26 Å². The Morgan fingerprint density at radius 2 is 2.08 bits per heavy atom. The SMILES string of the molecule is CSc1ncc(C(C=O)c2c(Cl)cccc2Cl)c(NC2COC2)n1. The number of benzene rings is 1. The molecule has 2 heterocycles. The molecule has 126 valence electrons. The number of anilines is 1. The fourth-order valence-electron chi connectivity index (χ4n) is 2.43. The van der Waals surface area contributed by atoms with Crippen LogP contribution in [-0.4, -0.2) is 41.8 Å². The minimum Gasteiger partial charge on any atom is -0.377 e. The van der Waals surface area contributed by atoms with Gasteiger partial charge in [-0.3, -0.25) is 0 Å². The summed E-state index contributed by atoms with van der Waals surface area (Å²) >= 11 is 14.0. The summed E-state index contributed by atoms with van der Waals surface area (Å²) < 4.78 is 5.19. The van der Waals surface area contributed by atoms with Crippen LogP contribution in [0.2, 0.25) is 10.0 Å². The van der Waals surface area contributed by atoms with Crippen LogP contribution in [0, 0.1) is 0 Å². The number of nitrogens with one attached hydrogen (secondary N) is 1. The Morgan fingerprint density at radius 1 is 1.38 bits per heavy atom. The van der Waals surface area contributed by atoms with E-state index in [4.69, 9.17) is 27.9 Å². The number of nitrogens with zero attached hydrogens (tertiary/aromatic N) is 2. The van der Waals surface area contributed by atoms with Crippen LogP contribution in [0.4, 0.5) is 5.82 Å². The minimum atomic E-state index is -0.648. The van der Waals surface area contributed by atoms with Crippen LogP contribution in [-0.2, 0) is 9.53 Å². The maximum absolute atomic E-state index is 11.9. The van der Waals surface area contributed by atoms with Gasteiger partial charge in [0.05, 0.1) is 25.2 Å². The van der Waals surface area contributed by atoms with Crippen molar-refractivity contribution in [2.45, 2.75) is 17.1 Å². The Morgan fingerprint density at radius 3 is 2.62 bits per heavy atom. The molecule has 0 spiro atoms. The van der Waals surface area contributed by atoms with Gasteiger partial charge < -0.3 is 14.8 Å². The number of aldehydes is 1. The average molecular weight is 384 g/mol. The lowest BCUT2D eigenvalue weighted by molar-refractivity contribution is -0.108. The van der Waals surface area contributed by atoms with Crippen molar-refractivity contribution in [1.29, 1.82) is 0 Å². The van der Waals surface area contributed by atoms with Gasteiger partial charge in [-0.05, 0) is 18.4 Å². The summed E-state index contributed by atoms with van der Waals surface area (Å²) in [6.07, 6.45) is 4.36. The zero-order chi connectivity index (χ0) is 17.1. The number of rotatable bonds is 6. The van der Waals surface area contributed by atoms with E-state index in [0.29, 0.717) is 45.4 Å². The lowest BCUT2D eigenvalue weighted by Crippen LogP contribution is -2.41. The van der Waals surface area contributed by atoms with Crippen LogP contribution < -0.4 is 5.32 Å². The van der Waals surface area contributed by atoms with Crippen molar-refractivity contribution in [2.75, 3.05) is 24.8 Å². The van der Waals surface area contributed by atoms with E-state index < -0.39 is 5.92 Å². The molecule has 1 aliphatic rings. The molecule has 1 aliphatic heterocycles. The maximum atomic E-state index is 11.9. The van der Waals surface area contributed by atoms with Gasteiger partial charge in [-0.15, -0.1) is 0 Å². The van der Waals surface area contributed by atoms with E-state index in [9.17, 15) is 4.79 Å². The summed E-state index contributed by atoms with van der Waals surface area (Å²) in [5, 5.41) is 4.81. The van der Waals surface area contributed by atoms with E-state index in [-0.39, 0.29) is 6.04 Å². The van der Waals surface area contributed by atoms with E-state index in [2.05, 4.69) is 15.3 Å². The fraction of sp³-hybridized carbons (Fsp3) is 0.312. The van der Waals surface area contributed by atoms with Gasteiger partial charge in [0.15, 0.2) is 5.16 Å². The van der Waals surface area contributed by atoms with Crippen molar-refractivity contribution in [2.24, 2.45) is 0 Å². The molecule has 1 aromatic carbocycles. The van der Waals surface area contributed by atoms with Crippen LogP contribution in [0.1, 0.15) is 17.0 Å². The second kappa shape index (κ2) is 7.70. The lowest BCUT2D eigenvalue weighted by Gasteiger charge is -2.29. The van der Waals surface area contributed by atoms with Crippen LogP contribution in [0.5, 0.6) is 0 Å². The molecule has 1 N–H and O–H groups in total. The van der Waals surface area contributed by atoms with Crippen molar-refractivity contribution >= 4 is 47.1 Å². The molecule has 0 amide bonds. The summed E-state index contributed by atoms with van der Waals surface area (Å²) in [7, 11) is 0. The summed E-state index contributed by atoms with van der Waals surface area (Å²) in [5.74, 6) is -0.0404. The first kappa shape index (κ1) is 17.5. The second-order valence-electron chi connectivity index (χ2n) is 5.29. The Kier molecular flexibility index (Phi) is 5.61. The van der Waals surface area contributed by atoms with Crippen molar-refractivity contribution in [1.82, 2.24) is 9.97 Å². The van der Waals surface area contributed by atoms with Gasteiger partial charge in [0.25, 0.3) is 0 Å². The minimum absolute atomic E-state index is 0.169. The normalized spacial score (nSPS) is 15.6. The molecule has 24 heavy (non-hydrogen) atoms. The molecule has 2 aromatic rings. The molecule has 1 aromatic heterocycles. The Balaban J connectivity index is 2.06. The monoisotopic (exact) mass is 383 g/mol.